The molecule has 0 saturated heterocycles. The second kappa shape index (κ2) is 5.69. The molecule has 2 N–H and O–H groups in total. The molecule has 0 aliphatic carbocycles. The van der Waals surface area contributed by atoms with E-state index in [4.69, 9.17) is 5.14 Å². The minimum absolute atomic E-state index is 0.241. The smallest absolute Gasteiger partial charge is 0.239 e. The average Bonchev–Trinajstić information content (AvgIpc) is 2.98. The van der Waals surface area contributed by atoms with Gasteiger partial charge in [-0.25, -0.2) is 18.2 Å². The van der Waals surface area contributed by atoms with Crippen molar-refractivity contribution in [2.24, 2.45) is 5.14 Å². The fourth-order valence-corrected chi connectivity index (χ4v) is 2.73. The molecule has 1 aromatic carbocycles. The first kappa shape index (κ1) is 19.2. The molecule has 0 aliphatic heterocycles. The van der Waals surface area contributed by atoms with Crippen molar-refractivity contribution in [1.82, 2.24) is 9.78 Å². The van der Waals surface area contributed by atoms with Crippen molar-refractivity contribution in [2.45, 2.75) is 22.9 Å². The van der Waals surface area contributed by atoms with Gasteiger partial charge in [0.25, 0.3) is 0 Å². The van der Waals surface area contributed by atoms with Gasteiger partial charge in [0.1, 0.15) is 4.90 Å². The zero-order chi connectivity index (χ0) is 19.3. The summed E-state index contributed by atoms with van der Waals surface area (Å²) in [5, 5.41) is 8.26. The number of alkyl halides is 7. The Balaban J connectivity index is 2.88. The number of halogens is 7. The van der Waals surface area contributed by atoms with Crippen molar-refractivity contribution in [2.75, 3.05) is 0 Å². The summed E-state index contributed by atoms with van der Waals surface area (Å²) in [6, 6.07) is 2.61. The quantitative estimate of drug-likeness (QED) is 0.815. The van der Waals surface area contributed by atoms with Gasteiger partial charge < -0.3 is 0 Å². The van der Waals surface area contributed by atoms with Gasteiger partial charge in [-0.3, -0.25) is 0 Å². The highest BCUT2D eigenvalue weighted by molar-refractivity contribution is 7.89. The highest BCUT2D eigenvalue weighted by atomic mass is 32.2. The summed E-state index contributed by atoms with van der Waals surface area (Å²) in [4.78, 5) is -1.09. The highest BCUT2D eigenvalue weighted by Gasteiger charge is 2.74. The first-order valence-corrected chi connectivity index (χ1v) is 7.74. The van der Waals surface area contributed by atoms with Crippen LogP contribution in [0.25, 0.3) is 5.69 Å². The summed E-state index contributed by atoms with van der Waals surface area (Å²) < 4.78 is 116. The van der Waals surface area contributed by atoms with Gasteiger partial charge >= 0.3 is 18.0 Å². The number of benzene rings is 1. The van der Waals surface area contributed by atoms with E-state index in [0.717, 1.165) is 18.5 Å². The SMILES string of the molecule is NS(=O)(=O)c1cccc(C(F)(F)C(F)(F)C(F)(F)F)c1-n1cccn1. The largest absolute Gasteiger partial charge is 0.460 e. The Labute approximate surface area is 135 Å². The van der Waals surface area contributed by atoms with Crippen LogP contribution in [0.4, 0.5) is 30.7 Å². The van der Waals surface area contributed by atoms with E-state index in [-0.39, 0.29) is 6.07 Å². The van der Waals surface area contributed by atoms with Crippen molar-refractivity contribution in [3.8, 4) is 5.69 Å². The molecular weight excluding hydrogens is 383 g/mol. The Bertz CT molecular complexity index is 877. The van der Waals surface area contributed by atoms with Gasteiger partial charge in [-0.2, -0.15) is 35.8 Å². The van der Waals surface area contributed by atoms with E-state index in [1.165, 1.54) is 0 Å². The molecule has 5 nitrogen and oxygen atoms in total. The van der Waals surface area contributed by atoms with Crippen LogP contribution in [-0.4, -0.2) is 30.3 Å². The molecule has 0 atom stereocenters. The van der Waals surface area contributed by atoms with E-state index in [1.807, 2.05) is 0 Å². The maximum absolute atomic E-state index is 14.1. The van der Waals surface area contributed by atoms with Gasteiger partial charge in [0.05, 0.1) is 11.3 Å². The lowest BCUT2D eigenvalue weighted by Crippen LogP contribution is -2.50. The summed E-state index contributed by atoms with van der Waals surface area (Å²) in [5.74, 6) is -12.3. The molecule has 25 heavy (non-hydrogen) atoms. The molecule has 1 aromatic heterocycles. The number of rotatable bonds is 4. The summed E-state index contributed by atoms with van der Waals surface area (Å²) >= 11 is 0. The number of hydrogen-bond donors (Lipinski definition) is 1. The van der Waals surface area contributed by atoms with Crippen molar-refractivity contribution < 1.29 is 39.2 Å². The van der Waals surface area contributed by atoms with Crippen LogP contribution in [0.2, 0.25) is 0 Å². The molecule has 0 aliphatic rings. The molecule has 13 heteroatoms. The van der Waals surface area contributed by atoms with Crippen LogP contribution in [-0.2, 0) is 15.9 Å². The summed E-state index contributed by atoms with van der Waals surface area (Å²) in [5.41, 5.74) is -3.10. The maximum atomic E-state index is 14.1. The minimum atomic E-state index is -6.59. The number of primary sulfonamides is 1. The number of sulfonamides is 1. The second-order valence-corrected chi connectivity index (χ2v) is 6.32. The van der Waals surface area contributed by atoms with E-state index in [2.05, 4.69) is 5.10 Å². The predicted molar refractivity (Wildman–Crippen MR) is 69.8 cm³/mol. The van der Waals surface area contributed by atoms with E-state index >= 15 is 0 Å². The van der Waals surface area contributed by atoms with Gasteiger partial charge in [0, 0.05) is 12.4 Å². The van der Waals surface area contributed by atoms with Crippen LogP contribution in [0.15, 0.2) is 41.6 Å². The van der Waals surface area contributed by atoms with Crippen molar-refractivity contribution in [1.29, 1.82) is 0 Å². The van der Waals surface area contributed by atoms with Gasteiger partial charge in [-0.15, -0.1) is 0 Å². The molecule has 0 unspecified atom stereocenters. The first-order valence-electron chi connectivity index (χ1n) is 6.20. The number of para-hydroxylation sites is 1. The standard InChI is InChI=1S/C12H8F7N3O2S/c13-10(14,11(15,16)12(17,18)19)7-3-1-4-8(25(20,23)24)9(7)22-6-2-5-21-22/h1-6H,(H2,20,23,24). The third-order valence-electron chi connectivity index (χ3n) is 3.13. The molecule has 0 radical (unpaired) electrons. The molecule has 0 amide bonds. The topological polar surface area (TPSA) is 78.0 Å². The minimum Gasteiger partial charge on any atom is -0.239 e. The second-order valence-electron chi connectivity index (χ2n) is 4.79. The van der Waals surface area contributed by atoms with Crippen molar-refractivity contribution in [3.63, 3.8) is 0 Å². The lowest BCUT2D eigenvalue weighted by atomic mass is 9.99. The molecule has 0 bridgehead atoms. The van der Waals surface area contributed by atoms with Gasteiger partial charge in [0.2, 0.25) is 10.0 Å². The van der Waals surface area contributed by atoms with Crippen LogP contribution in [0.5, 0.6) is 0 Å². The summed E-state index contributed by atoms with van der Waals surface area (Å²) in [7, 11) is -4.74. The fourth-order valence-electron chi connectivity index (χ4n) is 1.99. The van der Waals surface area contributed by atoms with Gasteiger partial charge in [0.15, 0.2) is 0 Å². The number of aromatic nitrogens is 2. The Hall–Kier alpha value is -2.15. The number of nitrogens with zero attached hydrogens (tertiary/aromatic N) is 2. The summed E-state index contributed by atoms with van der Waals surface area (Å²) in [6.45, 7) is 0. The Kier molecular flexibility index (Phi) is 4.37. The summed E-state index contributed by atoms with van der Waals surface area (Å²) in [6.07, 6.45) is -4.73. The molecule has 1 heterocycles. The Morgan fingerprint density at radius 3 is 2.04 bits per heavy atom. The maximum Gasteiger partial charge on any atom is 0.460 e. The van der Waals surface area contributed by atoms with Gasteiger partial charge in [-0.1, -0.05) is 12.1 Å². The van der Waals surface area contributed by atoms with Crippen LogP contribution in [0.1, 0.15) is 5.56 Å². The van der Waals surface area contributed by atoms with Crippen LogP contribution < -0.4 is 5.14 Å². The molecule has 138 valence electrons. The van der Waals surface area contributed by atoms with Gasteiger partial charge in [-0.05, 0) is 12.1 Å². The van der Waals surface area contributed by atoms with Crippen LogP contribution in [0.3, 0.4) is 0 Å². The highest BCUT2D eigenvalue weighted by Crippen LogP contribution is 2.53. The van der Waals surface area contributed by atoms with E-state index in [0.29, 0.717) is 16.8 Å². The monoisotopic (exact) mass is 391 g/mol. The lowest BCUT2D eigenvalue weighted by molar-refractivity contribution is -0.359. The third kappa shape index (κ3) is 3.08. The van der Waals surface area contributed by atoms with Crippen molar-refractivity contribution in [3.05, 3.63) is 42.2 Å². The zero-order valence-electron chi connectivity index (χ0n) is 11.8. The first-order chi connectivity index (χ1) is 11.2. The number of hydrogen-bond acceptors (Lipinski definition) is 3. The lowest BCUT2D eigenvalue weighted by Gasteiger charge is -2.30. The molecule has 2 aromatic rings. The van der Waals surface area contributed by atoms with E-state index < -0.39 is 44.2 Å². The molecular formula is C12H8F7N3O2S. The molecule has 0 saturated carbocycles. The van der Waals surface area contributed by atoms with Crippen LogP contribution in [0, 0.1) is 0 Å². The third-order valence-corrected chi connectivity index (χ3v) is 4.07. The average molecular weight is 391 g/mol. The molecule has 2 rings (SSSR count). The van der Waals surface area contributed by atoms with Crippen molar-refractivity contribution >= 4 is 10.0 Å². The van der Waals surface area contributed by atoms with Crippen LogP contribution >= 0.6 is 0 Å². The number of nitrogens with two attached hydrogens (primary N) is 1. The van der Waals surface area contributed by atoms with E-state index in [1.54, 1.807) is 0 Å². The Morgan fingerprint density at radius 1 is 1.00 bits per heavy atom. The molecule has 0 fully saturated rings. The fraction of sp³-hybridized carbons (Fsp3) is 0.250. The zero-order valence-corrected chi connectivity index (χ0v) is 12.6. The predicted octanol–water partition coefficient (Wildman–Crippen LogP) is 2.81. The Morgan fingerprint density at radius 2 is 1.60 bits per heavy atom. The molecule has 0 spiro atoms. The normalized spacial score (nSPS) is 13.9. The van der Waals surface area contributed by atoms with E-state index in [9.17, 15) is 39.2 Å².